The summed E-state index contributed by atoms with van der Waals surface area (Å²) in [6, 6.07) is 6.69. The van der Waals surface area contributed by atoms with Gasteiger partial charge in [-0.1, -0.05) is 37.6 Å². The Kier molecular flexibility index (Phi) is 6.96. The van der Waals surface area contributed by atoms with Gasteiger partial charge >= 0.3 is 11.9 Å². The fourth-order valence-electron chi connectivity index (χ4n) is 4.46. The second-order valence-electron chi connectivity index (χ2n) is 7.42. The maximum Gasteiger partial charge on any atom is 0.334 e. The van der Waals surface area contributed by atoms with Gasteiger partial charge in [-0.25, -0.2) is 9.59 Å². The Hall–Kier alpha value is -2.82. The van der Waals surface area contributed by atoms with E-state index in [4.69, 9.17) is 16.3 Å². The van der Waals surface area contributed by atoms with Gasteiger partial charge in [-0.2, -0.15) is 5.26 Å². The first kappa shape index (κ1) is 23.5. The third kappa shape index (κ3) is 3.47. The summed E-state index contributed by atoms with van der Waals surface area (Å²) in [6.45, 7) is 7.40. The number of rotatable bonds is 7. The monoisotopic (exact) mass is 432 g/mol. The quantitative estimate of drug-likeness (QED) is 0.674. The van der Waals surface area contributed by atoms with Crippen LogP contribution in [0.15, 0.2) is 40.7 Å². The highest BCUT2D eigenvalue weighted by Crippen LogP contribution is 2.53. The zero-order valence-corrected chi connectivity index (χ0v) is 18.4. The number of carbonyl (C=O) groups is 2. The molecule has 0 aliphatic carbocycles. The number of aliphatic carboxylic acids is 2. The van der Waals surface area contributed by atoms with Crippen LogP contribution in [-0.4, -0.2) is 47.3 Å². The number of methoxy groups -OCH3 is 1. The molecule has 1 aliphatic rings. The van der Waals surface area contributed by atoms with Gasteiger partial charge in [0.1, 0.15) is 6.07 Å². The van der Waals surface area contributed by atoms with Crippen LogP contribution >= 0.6 is 11.6 Å². The lowest BCUT2D eigenvalue weighted by molar-refractivity contribution is -0.135. The second-order valence-corrected chi connectivity index (χ2v) is 7.80. The second kappa shape index (κ2) is 8.90. The molecular weight excluding hydrogens is 408 g/mol. The third-order valence-corrected chi connectivity index (χ3v) is 6.09. The molecule has 0 saturated carbocycles. The number of nitrogens with zero attached hydrogens (tertiary/aromatic N) is 2. The van der Waals surface area contributed by atoms with Gasteiger partial charge in [0.15, 0.2) is 0 Å². The fourth-order valence-corrected chi connectivity index (χ4v) is 4.78. The molecule has 2 rings (SSSR count). The maximum absolute atomic E-state index is 12.6. The van der Waals surface area contributed by atoms with Crippen molar-refractivity contribution >= 4 is 23.5 Å². The van der Waals surface area contributed by atoms with Crippen molar-refractivity contribution in [2.75, 3.05) is 20.3 Å². The molecule has 0 radical (unpaired) electrons. The SMILES string of the molecule is COCCN1C(C)=C(C(=O)O)C(c2cccc(C#N)c2Cl)(C(C)C)C(C(=O)O)=C1C. The highest BCUT2D eigenvalue weighted by atomic mass is 35.5. The summed E-state index contributed by atoms with van der Waals surface area (Å²) in [4.78, 5) is 26.8. The number of carboxylic acid groups (broad SMARTS) is 2. The number of hydrogen-bond acceptors (Lipinski definition) is 5. The molecule has 1 aromatic rings. The molecule has 1 heterocycles. The summed E-state index contributed by atoms with van der Waals surface area (Å²) < 4.78 is 5.13. The normalized spacial score (nSPS) is 16.1. The fraction of sp³-hybridized carbons (Fsp3) is 0.409. The molecule has 0 aromatic heterocycles. The summed E-state index contributed by atoms with van der Waals surface area (Å²) in [5.74, 6) is -2.97. The topological polar surface area (TPSA) is 111 Å². The molecule has 0 bridgehead atoms. The molecule has 30 heavy (non-hydrogen) atoms. The predicted molar refractivity (Wildman–Crippen MR) is 112 cm³/mol. The lowest BCUT2D eigenvalue weighted by atomic mass is 9.59. The number of benzene rings is 1. The number of nitriles is 1. The van der Waals surface area contributed by atoms with E-state index in [1.54, 1.807) is 44.7 Å². The number of halogens is 1. The smallest absolute Gasteiger partial charge is 0.334 e. The van der Waals surface area contributed by atoms with Crippen LogP contribution in [0.2, 0.25) is 5.02 Å². The first-order valence-corrected chi connectivity index (χ1v) is 9.79. The van der Waals surface area contributed by atoms with E-state index in [1.807, 2.05) is 6.07 Å². The van der Waals surface area contributed by atoms with Gasteiger partial charge in [-0.3, -0.25) is 0 Å². The zero-order valence-electron chi connectivity index (χ0n) is 17.6. The molecule has 8 heteroatoms. The Labute approximate surface area is 180 Å². The first-order chi connectivity index (χ1) is 14.1. The van der Waals surface area contributed by atoms with Gasteiger partial charge in [0.05, 0.1) is 33.8 Å². The largest absolute Gasteiger partial charge is 0.478 e. The zero-order chi connectivity index (χ0) is 22.8. The summed E-state index contributed by atoms with van der Waals surface area (Å²) in [6.07, 6.45) is 0. The van der Waals surface area contributed by atoms with Crippen LogP contribution in [0.3, 0.4) is 0 Å². The first-order valence-electron chi connectivity index (χ1n) is 9.42. The number of carboxylic acids is 2. The Bertz CT molecular complexity index is 950. The van der Waals surface area contributed by atoms with Crippen molar-refractivity contribution in [3.63, 3.8) is 0 Å². The minimum absolute atomic E-state index is 0.0529. The van der Waals surface area contributed by atoms with E-state index in [0.29, 0.717) is 17.9 Å². The third-order valence-electron chi connectivity index (χ3n) is 5.68. The van der Waals surface area contributed by atoms with Crippen LogP contribution < -0.4 is 0 Å². The minimum Gasteiger partial charge on any atom is -0.478 e. The van der Waals surface area contributed by atoms with Crippen molar-refractivity contribution in [3.8, 4) is 6.07 Å². The standard InChI is InChI=1S/C22H25ClN2O5/c1-12(2)22(16-8-6-7-15(11-24)19(16)23)17(20(26)27)13(3)25(9-10-30-5)14(4)18(22)21(28)29/h6-8,12H,9-10H2,1-5H3,(H,26,27)(H,28,29). The molecule has 0 fully saturated rings. The van der Waals surface area contributed by atoms with Crippen LogP contribution in [0.1, 0.15) is 38.8 Å². The van der Waals surface area contributed by atoms with Crippen molar-refractivity contribution in [3.05, 3.63) is 56.9 Å². The lowest BCUT2D eigenvalue weighted by Crippen LogP contribution is -2.49. The van der Waals surface area contributed by atoms with Gasteiger partial charge in [0, 0.05) is 25.0 Å². The van der Waals surface area contributed by atoms with Crippen LogP contribution in [0, 0.1) is 17.2 Å². The Balaban J connectivity index is 3.09. The predicted octanol–water partition coefficient (Wildman–Crippen LogP) is 3.78. The molecule has 0 unspecified atom stereocenters. The van der Waals surface area contributed by atoms with E-state index in [1.165, 1.54) is 13.2 Å². The number of hydrogen-bond donors (Lipinski definition) is 2. The molecular formula is C22H25ClN2O5. The Morgan fingerprint density at radius 2 is 1.73 bits per heavy atom. The minimum atomic E-state index is -1.56. The average Bonchev–Trinajstić information content (AvgIpc) is 2.66. The van der Waals surface area contributed by atoms with E-state index < -0.39 is 23.3 Å². The molecule has 0 saturated heterocycles. The molecule has 1 aromatic carbocycles. The van der Waals surface area contributed by atoms with E-state index in [2.05, 4.69) is 0 Å². The van der Waals surface area contributed by atoms with Crippen LogP contribution in [0.5, 0.6) is 0 Å². The van der Waals surface area contributed by atoms with Gasteiger partial charge in [-0.15, -0.1) is 0 Å². The maximum atomic E-state index is 12.6. The number of ether oxygens (including phenoxy) is 1. The van der Waals surface area contributed by atoms with E-state index >= 15 is 0 Å². The van der Waals surface area contributed by atoms with Crippen molar-refractivity contribution < 1.29 is 24.5 Å². The molecule has 7 nitrogen and oxygen atoms in total. The van der Waals surface area contributed by atoms with Crippen molar-refractivity contribution in [1.82, 2.24) is 4.90 Å². The number of allylic oxidation sites excluding steroid dienone is 2. The summed E-state index contributed by atoms with van der Waals surface area (Å²) in [5, 5.41) is 30.0. The van der Waals surface area contributed by atoms with Crippen LogP contribution in [0.25, 0.3) is 0 Å². The molecule has 0 spiro atoms. The van der Waals surface area contributed by atoms with Crippen LogP contribution in [-0.2, 0) is 19.7 Å². The van der Waals surface area contributed by atoms with Crippen molar-refractivity contribution in [1.29, 1.82) is 5.26 Å². The highest BCUT2D eigenvalue weighted by Gasteiger charge is 2.54. The molecule has 160 valence electrons. The summed E-state index contributed by atoms with van der Waals surface area (Å²) in [5.41, 5.74) is -0.441. The van der Waals surface area contributed by atoms with E-state index in [9.17, 15) is 25.1 Å². The molecule has 2 N–H and O–H groups in total. The Morgan fingerprint density at radius 1 is 1.20 bits per heavy atom. The Morgan fingerprint density at radius 3 is 2.13 bits per heavy atom. The highest BCUT2D eigenvalue weighted by molar-refractivity contribution is 6.33. The molecule has 0 amide bonds. The van der Waals surface area contributed by atoms with Crippen molar-refractivity contribution in [2.45, 2.75) is 33.1 Å². The van der Waals surface area contributed by atoms with Gasteiger partial charge in [-0.05, 0) is 31.4 Å². The molecule has 1 aliphatic heterocycles. The van der Waals surface area contributed by atoms with Gasteiger partial charge < -0.3 is 19.8 Å². The van der Waals surface area contributed by atoms with Crippen molar-refractivity contribution in [2.24, 2.45) is 5.92 Å². The molecule has 0 atom stereocenters. The lowest BCUT2D eigenvalue weighted by Gasteiger charge is -2.47. The van der Waals surface area contributed by atoms with E-state index in [0.717, 1.165) is 0 Å². The van der Waals surface area contributed by atoms with Gasteiger partial charge in [0.2, 0.25) is 0 Å². The average molecular weight is 433 g/mol. The summed E-state index contributed by atoms with van der Waals surface area (Å²) >= 11 is 6.54. The van der Waals surface area contributed by atoms with Crippen LogP contribution in [0.4, 0.5) is 0 Å². The summed E-state index contributed by atoms with van der Waals surface area (Å²) in [7, 11) is 1.52. The van der Waals surface area contributed by atoms with Gasteiger partial charge in [0.25, 0.3) is 0 Å². The van der Waals surface area contributed by atoms with E-state index in [-0.39, 0.29) is 33.9 Å².